The fourth-order valence-corrected chi connectivity index (χ4v) is 3.30. The zero-order chi connectivity index (χ0) is 18.9. The van der Waals surface area contributed by atoms with Crippen LogP contribution in [0.15, 0.2) is 12.2 Å². The van der Waals surface area contributed by atoms with Gasteiger partial charge in [-0.1, -0.05) is 76.9 Å². The van der Waals surface area contributed by atoms with Crippen LogP contribution in [0.2, 0.25) is 0 Å². The highest BCUT2D eigenvalue weighted by molar-refractivity contribution is 4.81. The van der Waals surface area contributed by atoms with Crippen LogP contribution in [0, 0.1) is 0 Å². The molecular weight excluding hydrogens is 324 g/mol. The van der Waals surface area contributed by atoms with Crippen molar-refractivity contribution in [3.05, 3.63) is 12.2 Å². The van der Waals surface area contributed by atoms with E-state index in [2.05, 4.69) is 19.1 Å². The lowest BCUT2D eigenvalue weighted by molar-refractivity contribution is -0.190. The SMILES string of the molecule is CCCCCCCC/C=C\CCCCCCCCOC1COC(C)(C)O1. The Morgan fingerprint density at radius 3 is 1.88 bits per heavy atom. The largest absolute Gasteiger partial charge is 0.350 e. The first-order valence-corrected chi connectivity index (χ1v) is 11.2. The van der Waals surface area contributed by atoms with Gasteiger partial charge in [0, 0.05) is 6.61 Å². The van der Waals surface area contributed by atoms with E-state index < -0.39 is 5.79 Å². The molecule has 0 bridgehead atoms. The molecule has 0 aliphatic carbocycles. The van der Waals surface area contributed by atoms with Gasteiger partial charge in [-0.2, -0.15) is 0 Å². The van der Waals surface area contributed by atoms with Crippen LogP contribution in [-0.4, -0.2) is 25.3 Å². The van der Waals surface area contributed by atoms with Crippen LogP contribution in [0.1, 0.15) is 111 Å². The topological polar surface area (TPSA) is 27.7 Å². The molecule has 1 atom stereocenters. The van der Waals surface area contributed by atoms with Crippen LogP contribution in [0.4, 0.5) is 0 Å². The average molecular weight is 369 g/mol. The van der Waals surface area contributed by atoms with Gasteiger partial charge < -0.3 is 14.2 Å². The molecule has 0 radical (unpaired) electrons. The molecule has 3 heteroatoms. The standard InChI is InChI=1S/C23H44O3/c1-4-5-6-7-8-9-10-11-12-13-14-15-16-17-18-19-20-24-22-21-25-23(2,3)26-22/h11-12,22H,4-10,13-21H2,1-3H3/b12-11-. The molecule has 1 heterocycles. The third-order valence-corrected chi connectivity index (χ3v) is 4.94. The Hall–Kier alpha value is -0.380. The van der Waals surface area contributed by atoms with Gasteiger partial charge in [0.1, 0.15) is 6.61 Å². The summed E-state index contributed by atoms with van der Waals surface area (Å²) in [7, 11) is 0. The molecule has 0 spiro atoms. The molecule has 1 aliphatic rings. The van der Waals surface area contributed by atoms with Crippen LogP contribution in [-0.2, 0) is 14.2 Å². The number of allylic oxidation sites excluding steroid dienone is 2. The molecule has 0 saturated carbocycles. The second-order valence-electron chi connectivity index (χ2n) is 8.07. The van der Waals surface area contributed by atoms with E-state index in [9.17, 15) is 0 Å². The zero-order valence-electron chi connectivity index (χ0n) is 17.8. The van der Waals surface area contributed by atoms with Crippen molar-refractivity contribution in [2.24, 2.45) is 0 Å². The fraction of sp³-hybridized carbons (Fsp3) is 0.913. The summed E-state index contributed by atoms with van der Waals surface area (Å²) in [6.07, 6.45) is 23.3. The van der Waals surface area contributed by atoms with Gasteiger partial charge in [0.15, 0.2) is 12.1 Å². The van der Waals surface area contributed by atoms with Crippen molar-refractivity contribution >= 4 is 0 Å². The lowest BCUT2D eigenvalue weighted by Gasteiger charge is -2.16. The van der Waals surface area contributed by atoms with Gasteiger partial charge in [0.25, 0.3) is 0 Å². The normalized spacial score (nSPS) is 19.6. The number of rotatable bonds is 17. The summed E-state index contributed by atoms with van der Waals surface area (Å²) in [6.45, 7) is 7.48. The van der Waals surface area contributed by atoms with Gasteiger partial charge in [0.05, 0.1) is 0 Å². The Morgan fingerprint density at radius 2 is 1.35 bits per heavy atom. The molecule has 0 aromatic carbocycles. The summed E-state index contributed by atoms with van der Waals surface area (Å²) < 4.78 is 16.8. The molecule has 1 fully saturated rings. The number of ether oxygens (including phenoxy) is 3. The Labute approximate surface area is 162 Å². The summed E-state index contributed by atoms with van der Waals surface area (Å²) in [6, 6.07) is 0. The maximum absolute atomic E-state index is 5.70. The van der Waals surface area contributed by atoms with Gasteiger partial charge in [0.2, 0.25) is 0 Å². The van der Waals surface area contributed by atoms with Gasteiger partial charge in [-0.25, -0.2) is 0 Å². The average Bonchev–Trinajstić information content (AvgIpc) is 2.96. The zero-order valence-corrected chi connectivity index (χ0v) is 17.8. The van der Waals surface area contributed by atoms with E-state index in [1.807, 2.05) is 13.8 Å². The first kappa shape index (κ1) is 23.7. The molecule has 0 aromatic rings. The molecule has 1 saturated heterocycles. The molecule has 3 nitrogen and oxygen atoms in total. The van der Waals surface area contributed by atoms with Crippen molar-refractivity contribution in [1.82, 2.24) is 0 Å². The molecule has 1 aliphatic heterocycles. The van der Waals surface area contributed by atoms with E-state index >= 15 is 0 Å². The van der Waals surface area contributed by atoms with Gasteiger partial charge >= 0.3 is 0 Å². The van der Waals surface area contributed by atoms with E-state index in [1.54, 1.807) is 0 Å². The number of hydrogen-bond acceptors (Lipinski definition) is 3. The van der Waals surface area contributed by atoms with Crippen LogP contribution in [0.25, 0.3) is 0 Å². The first-order valence-electron chi connectivity index (χ1n) is 11.2. The quantitative estimate of drug-likeness (QED) is 0.201. The van der Waals surface area contributed by atoms with Crippen molar-refractivity contribution in [3.63, 3.8) is 0 Å². The minimum Gasteiger partial charge on any atom is -0.350 e. The smallest absolute Gasteiger partial charge is 0.184 e. The predicted octanol–water partition coefficient (Wildman–Crippen LogP) is 7.15. The molecule has 154 valence electrons. The fourth-order valence-electron chi connectivity index (χ4n) is 3.30. The van der Waals surface area contributed by atoms with Gasteiger partial charge in [-0.15, -0.1) is 0 Å². The van der Waals surface area contributed by atoms with Crippen molar-refractivity contribution in [2.45, 2.75) is 123 Å². The number of hydrogen-bond donors (Lipinski definition) is 0. The second-order valence-corrected chi connectivity index (χ2v) is 8.07. The molecular formula is C23H44O3. The summed E-state index contributed by atoms with van der Waals surface area (Å²) in [4.78, 5) is 0. The summed E-state index contributed by atoms with van der Waals surface area (Å²) in [5.74, 6) is -0.478. The third-order valence-electron chi connectivity index (χ3n) is 4.94. The van der Waals surface area contributed by atoms with E-state index in [1.165, 1.54) is 83.5 Å². The lowest BCUT2D eigenvalue weighted by atomic mass is 10.1. The van der Waals surface area contributed by atoms with Crippen molar-refractivity contribution < 1.29 is 14.2 Å². The molecule has 0 aromatic heterocycles. The Bertz CT molecular complexity index is 338. The van der Waals surface area contributed by atoms with E-state index in [0.717, 1.165) is 13.0 Å². The Balaban J connectivity index is 1.74. The van der Waals surface area contributed by atoms with Gasteiger partial charge in [-0.05, 0) is 46.0 Å². The summed E-state index contributed by atoms with van der Waals surface area (Å²) >= 11 is 0. The third kappa shape index (κ3) is 13.8. The maximum Gasteiger partial charge on any atom is 0.184 e. The minimum atomic E-state index is -0.478. The molecule has 26 heavy (non-hydrogen) atoms. The second kappa shape index (κ2) is 15.7. The molecule has 1 unspecified atom stereocenters. The first-order chi connectivity index (χ1) is 12.6. The van der Waals surface area contributed by atoms with Crippen LogP contribution in [0.3, 0.4) is 0 Å². The predicted molar refractivity (Wildman–Crippen MR) is 110 cm³/mol. The minimum absolute atomic E-state index is 0.173. The Morgan fingerprint density at radius 1 is 0.808 bits per heavy atom. The molecule has 0 amide bonds. The summed E-state index contributed by atoms with van der Waals surface area (Å²) in [5, 5.41) is 0. The maximum atomic E-state index is 5.70. The highest BCUT2D eigenvalue weighted by Gasteiger charge is 2.32. The van der Waals surface area contributed by atoms with Crippen molar-refractivity contribution in [3.8, 4) is 0 Å². The molecule has 1 rings (SSSR count). The van der Waals surface area contributed by atoms with Crippen molar-refractivity contribution in [1.29, 1.82) is 0 Å². The molecule has 0 N–H and O–H groups in total. The lowest BCUT2D eigenvalue weighted by Crippen LogP contribution is -2.23. The number of unbranched alkanes of at least 4 members (excludes halogenated alkanes) is 12. The van der Waals surface area contributed by atoms with E-state index in [-0.39, 0.29) is 6.29 Å². The van der Waals surface area contributed by atoms with Crippen LogP contribution >= 0.6 is 0 Å². The summed E-state index contributed by atoms with van der Waals surface area (Å²) in [5.41, 5.74) is 0. The van der Waals surface area contributed by atoms with Crippen LogP contribution < -0.4 is 0 Å². The van der Waals surface area contributed by atoms with Gasteiger partial charge in [-0.3, -0.25) is 0 Å². The Kier molecular flexibility index (Phi) is 14.2. The highest BCUT2D eigenvalue weighted by atomic mass is 16.8. The highest BCUT2D eigenvalue weighted by Crippen LogP contribution is 2.23. The van der Waals surface area contributed by atoms with E-state index in [0.29, 0.717) is 6.61 Å². The van der Waals surface area contributed by atoms with E-state index in [4.69, 9.17) is 14.2 Å². The van der Waals surface area contributed by atoms with Crippen LogP contribution in [0.5, 0.6) is 0 Å². The van der Waals surface area contributed by atoms with Crippen molar-refractivity contribution in [2.75, 3.05) is 13.2 Å². The monoisotopic (exact) mass is 368 g/mol.